The lowest BCUT2D eigenvalue weighted by molar-refractivity contribution is 0.0696. The fourth-order valence-electron chi connectivity index (χ4n) is 3.60. The number of carbonyl (C=O) groups is 2. The second-order valence-electron chi connectivity index (χ2n) is 7.95. The first-order chi connectivity index (χ1) is 16.3. The number of aromatic carboxylic acids is 1. The number of rotatable bonds is 11. The lowest BCUT2D eigenvalue weighted by Crippen LogP contribution is -2.27. The van der Waals surface area contributed by atoms with Crippen LogP contribution in [-0.4, -0.2) is 43.2 Å². The van der Waals surface area contributed by atoms with Crippen LogP contribution in [0.25, 0.3) is 17.0 Å². The molecule has 0 unspecified atom stereocenters. The number of ketones is 1. The van der Waals surface area contributed by atoms with Crippen LogP contribution in [0.2, 0.25) is 0 Å². The van der Waals surface area contributed by atoms with Crippen molar-refractivity contribution in [1.29, 1.82) is 0 Å². The smallest absolute Gasteiger partial charge is 0.347 e. The van der Waals surface area contributed by atoms with Crippen LogP contribution in [0.3, 0.4) is 0 Å². The predicted molar refractivity (Wildman–Crippen MR) is 133 cm³/mol. The van der Waals surface area contributed by atoms with E-state index in [1.165, 1.54) is 12.1 Å². The molecule has 0 spiro atoms. The molecule has 0 saturated carbocycles. The third kappa shape index (κ3) is 5.99. The largest absolute Gasteiger partial charge is 0.478 e. The molecular weight excluding hydrogens is 434 g/mol. The summed E-state index contributed by atoms with van der Waals surface area (Å²) in [7, 11) is 0. The molecule has 0 radical (unpaired) electrons. The number of ether oxygens (including phenoxy) is 1. The Kier molecular flexibility index (Phi) is 8.38. The van der Waals surface area contributed by atoms with Crippen LogP contribution in [0.15, 0.2) is 63.3 Å². The topological polar surface area (TPSA) is 97.0 Å². The van der Waals surface area contributed by atoms with E-state index in [1.54, 1.807) is 37.3 Å². The van der Waals surface area contributed by atoms with Crippen molar-refractivity contribution in [2.45, 2.75) is 27.2 Å². The number of anilines is 1. The summed E-state index contributed by atoms with van der Waals surface area (Å²) in [4.78, 5) is 38.7. The first-order valence-electron chi connectivity index (χ1n) is 11.3. The summed E-state index contributed by atoms with van der Waals surface area (Å²) in [5.74, 6) is -1.46. The summed E-state index contributed by atoms with van der Waals surface area (Å²) >= 11 is 0. The molecule has 0 bridgehead atoms. The van der Waals surface area contributed by atoms with Gasteiger partial charge in [0.25, 0.3) is 0 Å². The minimum atomic E-state index is -1.02. The van der Waals surface area contributed by atoms with E-state index in [-0.39, 0.29) is 11.1 Å². The molecule has 0 amide bonds. The maximum Gasteiger partial charge on any atom is 0.347 e. The minimum Gasteiger partial charge on any atom is -0.478 e. The Hall–Kier alpha value is -3.71. The van der Waals surface area contributed by atoms with E-state index < -0.39 is 17.4 Å². The molecule has 0 saturated heterocycles. The van der Waals surface area contributed by atoms with Crippen molar-refractivity contribution in [3.8, 4) is 0 Å². The Morgan fingerprint density at radius 2 is 1.79 bits per heavy atom. The van der Waals surface area contributed by atoms with Crippen molar-refractivity contribution in [3.05, 3.63) is 81.2 Å². The molecule has 178 valence electrons. The summed E-state index contributed by atoms with van der Waals surface area (Å²) in [6.45, 7) is 8.56. The molecule has 3 rings (SSSR count). The van der Waals surface area contributed by atoms with Gasteiger partial charge in [0.2, 0.25) is 0 Å². The normalized spacial score (nSPS) is 11.6. The Morgan fingerprint density at radius 1 is 1.06 bits per heavy atom. The van der Waals surface area contributed by atoms with Crippen molar-refractivity contribution in [2.75, 3.05) is 31.2 Å². The molecule has 0 aliphatic heterocycles. The van der Waals surface area contributed by atoms with Crippen molar-refractivity contribution < 1.29 is 23.8 Å². The maximum atomic E-state index is 12.9. The fraction of sp³-hybridized carbons (Fsp3) is 0.296. The van der Waals surface area contributed by atoms with Crippen molar-refractivity contribution in [1.82, 2.24) is 0 Å². The third-order valence-electron chi connectivity index (χ3n) is 5.46. The van der Waals surface area contributed by atoms with Gasteiger partial charge in [-0.25, -0.2) is 9.59 Å². The van der Waals surface area contributed by atoms with E-state index in [0.717, 1.165) is 31.8 Å². The van der Waals surface area contributed by atoms with Gasteiger partial charge in [-0.3, -0.25) is 4.79 Å². The van der Waals surface area contributed by atoms with Crippen LogP contribution >= 0.6 is 0 Å². The maximum absolute atomic E-state index is 12.9. The molecule has 1 N–H and O–H groups in total. The molecule has 7 nitrogen and oxygen atoms in total. The molecule has 0 fully saturated rings. The zero-order valence-corrected chi connectivity index (χ0v) is 19.7. The highest BCUT2D eigenvalue weighted by Crippen LogP contribution is 2.23. The SMILES string of the molecule is CCCOCCN(CC)c1ccc2cc(C(=O)C(C)=Cc3ccc(C(=O)O)cc3)c(=O)oc2c1. The number of carbonyl (C=O) groups excluding carboxylic acids is 1. The molecule has 3 aromatic rings. The van der Waals surface area contributed by atoms with Crippen LogP contribution in [0.5, 0.6) is 0 Å². The molecular formula is C27H29NO6. The van der Waals surface area contributed by atoms with E-state index in [1.807, 2.05) is 19.1 Å². The molecule has 1 aromatic heterocycles. The van der Waals surface area contributed by atoms with E-state index in [0.29, 0.717) is 28.7 Å². The number of Topliss-reactive ketones (excluding diaryl/α,β-unsaturated/α-hetero) is 1. The Labute approximate surface area is 198 Å². The average Bonchev–Trinajstić information content (AvgIpc) is 2.83. The quantitative estimate of drug-likeness (QED) is 0.184. The second kappa shape index (κ2) is 11.4. The van der Waals surface area contributed by atoms with Gasteiger partial charge in [0.1, 0.15) is 11.1 Å². The van der Waals surface area contributed by atoms with E-state index in [2.05, 4.69) is 11.8 Å². The van der Waals surface area contributed by atoms with Gasteiger partial charge < -0.3 is 19.2 Å². The Morgan fingerprint density at radius 3 is 2.44 bits per heavy atom. The summed E-state index contributed by atoms with van der Waals surface area (Å²) in [6.07, 6.45) is 2.58. The van der Waals surface area contributed by atoms with Gasteiger partial charge in [-0.1, -0.05) is 19.1 Å². The molecule has 0 aliphatic carbocycles. The average molecular weight is 464 g/mol. The van der Waals surface area contributed by atoms with Crippen LogP contribution in [0.4, 0.5) is 5.69 Å². The number of benzene rings is 2. The first-order valence-corrected chi connectivity index (χ1v) is 11.3. The Bertz CT molecular complexity index is 1260. The first kappa shape index (κ1) is 24.9. The van der Waals surface area contributed by atoms with Crippen molar-refractivity contribution >= 4 is 34.5 Å². The minimum absolute atomic E-state index is 0.0449. The van der Waals surface area contributed by atoms with Gasteiger partial charge in [-0.15, -0.1) is 0 Å². The summed E-state index contributed by atoms with van der Waals surface area (Å²) in [5.41, 5.74) is 1.75. The number of hydrogen-bond acceptors (Lipinski definition) is 6. The van der Waals surface area contributed by atoms with Crippen LogP contribution in [-0.2, 0) is 4.74 Å². The number of likely N-dealkylation sites (N-methyl/N-ethyl adjacent to an activating group) is 1. The standard InChI is InChI=1S/C27H29NO6/c1-4-13-33-14-12-28(5-2)22-11-10-21-16-23(27(32)34-24(21)17-22)25(29)18(3)15-19-6-8-20(9-7-19)26(30)31/h6-11,15-17H,4-5,12-14H2,1-3H3,(H,30,31). The molecule has 0 aliphatic rings. The van der Waals surface area contributed by atoms with E-state index in [4.69, 9.17) is 14.3 Å². The number of hydrogen-bond donors (Lipinski definition) is 1. The van der Waals surface area contributed by atoms with E-state index >= 15 is 0 Å². The lowest BCUT2D eigenvalue weighted by atomic mass is 10.0. The zero-order valence-electron chi connectivity index (χ0n) is 19.7. The summed E-state index contributed by atoms with van der Waals surface area (Å²) in [5, 5.41) is 9.66. The predicted octanol–water partition coefficient (Wildman–Crippen LogP) is 5.03. The number of allylic oxidation sites excluding steroid dienone is 1. The van der Waals surface area contributed by atoms with Crippen LogP contribution in [0, 0.1) is 0 Å². The molecule has 7 heteroatoms. The van der Waals surface area contributed by atoms with Gasteiger partial charge in [0, 0.05) is 36.8 Å². The molecule has 2 aromatic carbocycles. The summed E-state index contributed by atoms with van der Waals surface area (Å²) < 4.78 is 11.1. The van der Waals surface area contributed by atoms with Gasteiger partial charge in [-0.05, 0) is 67.8 Å². The monoisotopic (exact) mass is 463 g/mol. The molecule has 0 atom stereocenters. The fourth-order valence-corrected chi connectivity index (χ4v) is 3.60. The van der Waals surface area contributed by atoms with Gasteiger partial charge in [0.15, 0.2) is 5.78 Å². The highest BCUT2D eigenvalue weighted by molar-refractivity contribution is 6.11. The lowest BCUT2D eigenvalue weighted by Gasteiger charge is -2.23. The van der Waals surface area contributed by atoms with Crippen LogP contribution < -0.4 is 10.5 Å². The van der Waals surface area contributed by atoms with E-state index in [9.17, 15) is 14.4 Å². The number of fused-ring (bicyclic) bond motifs is 1. The molecule has 1 heterocycles. The van der Waals surface area contributed by atoms with Gasteiger partial charge in [-0.2, -0.15) is 0 Å². The Balaban J connectivity index is 1.83. The highest BCUT2D eigenvalue weighted by Gasteiger charge is 2.16. The summed E-state index contributed by atoms with van der Waals surface area (Å²) in [6, 6.07) is 13.3. The highest BCUT2D eigenvalue weighted by atomic mass is 16.5. The third-order valence-corrected chi connectivity index (χ3v) is 5.46. The van der Waals surface area contributed by atoms with Crippen molar-refractivity contribution in [2.24, 2.45) is 0 Å². The zero-order chi connectivity index (χ0) is 24.7. The number of carboxylic acids is 1. The molecule has 34 heavy (non-hydrogen) atoms. The number of carboxylic acid groups (broad SMARTS) is 1. The van der Waals surface area contributed by atoms with Gasteiger partial charge >= 0.3 is 11.6 Å². The van der Waals surface area contributed by atoms with Crippen LogP contribution in [0.1, 0.15) is 53.5 Å². The number of nitrogens with zero attached hydrogens (tertiary/aromatic N) is 1. The van der Waals surface area contributed by atoms with Gasteiger partial charge in [0.05, 0.1) is 12.2 Å². The second-order valence-corrected chi connectivity index (χ2v) is 7.95. The van der Waals surface area contributed by atoms with Crippen molar-refractivity contribution in [3.63, 3.8) is 0 Å².